The monoisotopic (exact) mass is 926 g/mol. The van der Waals surface area contributed by atoms with E-state index < -0.39 is 198 Å². The lowest BCUT2D eigenvalue weighted by atomic mass is 9.94. The van der Waals surface area contributed by atoms with Crippen LogP contribution in [0.3, 0.4) is 0 Å². The van der Waals surface area contributed by atoms with Gasteiger partial charge in [0.25, 0.3) is 0 Å². The fraction of sp³-hybridized carbons (Fsp3) is 0.943. The van der Waals surface area contributed by atoms with E-state index in [0.29, 0.717) is 0 Å². The molecule has 4 aliphatic heterocycles. The van der Waals surface area contributed by atoms with Crippen LogP contribution in [0, 0.1) is 5.92 Å². The zero-order valence-electron chi connectivity index (χ0n) is 34.2. The molecule has 0 spiro atoms. The molecule has 15 unspecified atom stereocenters. The molecule has 368 valence electrons. The van der Waals surface area contributed by atoms with Crippen LogP contribution in [-0.4, -0.2) is 274 Å². The minimum atomic E-state index is -2.66. The third kappa shape index (κ3) is 12.5. The minimum Gasteiger partial charge on any atom is -0.394 e. The van der Waals surface area contributed by atoms with Crippen LogP contribution in [0.25, 0.3) is 0 Å². The average molecular weight is 927 g/mol. The number of hydrogen-bond donors (Lipinski definition) is 18. The van der Waals surface area contributed by atoms with E-state index in [1.165, 1.54) is 6.92 Å². The van der Waals surface area contributed by atoms with Crippen LogP contribution >= 0.6 is 0 Å². The van der Waals surface area contributed by atoms with E-state index in [2.05, 4.69) is 10.6 Å². The molecular formula is C35H62N2O26. The van der Waals surface area contributed by atoms with Gasteiger partial charge in [-0.05, 0) is 0 Å². The highest BCUT2D eigenvalue weighted by Gasteiger charge is 2.55. The maximum absolute atomic E-state index is 12.0. The van der Waals surface area contributed by atoms with Crippen molar-refractivity contribution in [1.29, 1.82) is 0 Å². The Morgan fingerprint density at radius 1 is 0.524 bits per heavy atom. The first kappa shape index (κ1) is 53.6. The van der Waals surface area contributed by atoms with Crippen molar-refractivity contribution in [2.45, 2.75) is 168 Å². The van der Waals surface area contributed by atoms with E-state index in [0.717, 1.165) is 13.8 Å². The lowest BCUT2D eigenvalue weighted by molar-refractivity contribution is -0.371. The Hall–Kier alpha value is -2.02. The molecular weight excluding hydrogens is 864 g/mol. The minimum absolute atomic E-state index is 0.703. The topological polar surface area (TPSA) is 456 Å². The van der Waals surface area contributed by atoms with Gasteiger partial charge in [-0.3, -0.25) is 9.59 Å². The molecule has 2 amide bonds. The Morgan fingerprint density at radius 2 is 0.873 bits per heavy atom. The Balaban J connectivity index is 1.60. The van der Waals surface area contributed by atoms with E-state index >= 15 is 0 Å². The Bertz CT molecular complexity index is 1420. The number of aliphatic hydroxyl groups excluding tert-OH is 15. The largest absolute Gasteiger partial charge is 0.394 e. The predicted molar refractivity (Wildman–Crippen MR) is 196 cm³/mol. The predicted octanol–water partition coefficient (Wildman–Crippen LogP) is -11.4. The van der Waals surface area contributed by atoms with Crippen molar-refractivity contribution >= 4 is 11.8 Å². The van der Waals surface area contributed by atoms with E-state index in [4.69, 9.17) is 37.9 Å². The maximum Gasteiger partial charge on any atom is 0.217 e. The summed E-state index contributed by atoms with van der Waals surface area (Å²) in [5.74, 6) is -2.81. The van der Waals surface area contributed by atoms with Gasteiger partial charge in [-0.1, -0.05) is 6.92 Å². The van der Waals surface area contributed by atoms with Crippen molar-refractivity contribution < 1.29 is 129 Å². The lowest BCUT2D eigenvalue weighted by Gasteiger charge is -2.48. The average Bonchev–Trinajstić information content (AvgIpc) is 3.24. The molecule has 0 aromatic heterocycles. The van der Waals surface area contributed by atoms with Crippen molar-refractivity contribution in [3.63, 3.8) is 0 Å². The zero-order valence-corrected chi connectivity index (χ0v) is 34.2. The van der Waals surface area contributed by atoms with E-state index in [1.54, 1.807) is 0 Å². The van der Waals surface area contributed by atoms with Crippen LogP contribution in [0.1, 0.15) is 20.8 Å². The van der Waals surface area contributed by atoms with Gasteiger partial charge in [-0.15, -0.1) is 0 Å². The molecule has 4 fully saturated rings. The zero-order chi connectivity index (χ0) is 47.2. The smallest absolute Gasteiger partial charge is 0.217 e. The van der Waals surface area contributed by atoms with Crippen molar-refractivity contribution in [2.75, 3.05) is 33.0 Å². The summed E-state index contributed by atoms with van der Waals surface area (Å²) in [4.78, 5) is 24.0. The van der Waals surface area contributed by atoms with Crippen LogP contribution < -0.4 is 10.6 Å². The molecule has 0 radical (unpaired) electrons. The van der Waals surface area contributed by atoms with Crippen LogP contribution in [0.4, 0.5) is 0 Å². The molecule has 4 aliphatic rings. The normalized spacial score (nSPS) is 43.2. The number of hydrogen-bond acceptors (Lipinski definition) is 26. The molecule has 0 aliphatic carbocycles. The third-order valence-corrected chi connectivity index (χ3v) is 11.1. The summed E-state index contributed by atoms with van der Waals surface area (Å²) < 4.78 is 45.6. The molecule has 28 nitrogen and oxygen atoms in total. The first-order valence-electron chi connectivity index (χ1n) is 20.0. The van der Waals surface area contributed by atoms with Crippen molar-refractivity contribution in [3.8, 4) is 0 Å². The summed E-state index contributed by atoms with van der Waals surface area (Å²) >= 11 is 0. The quantitative estimate of drug-likeness (QED) is 0.0535. The summed E-state index contributed by atoms with van der Waals surface area (Å²) in [6.07, 6.45) is -42.0. The number of ether oxygens (including phenoxy) is 8. The number of aliphatic hydroxyl groups is 16. The fourth-order valence-corrected chi connectivity index (χ4v) is 7.49. The molecule has 0 aromatic rings. The van der Waals surface area contributed by atoms with Gasteiger partial charge < -0.3 is 130 Å². The van der Waals surface area contributed by atoms with Gasteiger partial charge in [0, 0.05) is 19.8 Å². The number of nitrogens with one attached hydrogen (secondary N) is 2. The molecule has 18 N–H and O–H groups in total. The highest BCUT2D eigenvalue weighted by Crippen LogP contribution is 2.34. The van der Waals surface area contributed by atoms with E-state index in [1.807, 2.05) is 0 Å². The lowest BCUT2D eigenvalue weighted by Crippen LogP contribution is -2.68. The number of carbonyl (C=O) groups is 2. The highest BCUT2D eigenvalue weighted by atomic mass is 16.8. The van der Waals surface area contributed by atoms with Crippen molar-refractivity contribution in [1.82, 2.24) is 10.6 Å². The Labute approximate surface area is 358 Å². The van der Waals surface area contributed by atoms with E-state index in [-0.39, 0.29) is 0 Å². The van der Waals surface area contributed by atoms with Crippen LogP contribution in [-0.2, 0) is 47.5 Å². The SMILES string of the molecule is CC(=O)NC1C(O)[C@H](O)C(CO)O[C@H]1OC1C(O)[C@H](O)C(CO)O[C@@H]1OC(C(O)C(O)O)[C@H](O)C(C)CO[C@H]1OC(CO)[C@@H](O)C(O)C1O[C@@H]1OC(CO)[C@@H](O)C(O)C1NC(C)=O. The first-order chi connectivity index (χ1) is 29.6. The number of carbonyl (C=O) groups excluding carboxylic acids is 2. The maximum atomic E-state index is 12.0. The molecule has 0 aromatic carbocycles. The molecule has 0 saturated carbocycles. The standard InChI is InChI=1S/C35H62N2O26/c1-9(8-56-34-29(25(51)21(47)14(6-40)59-34)62-32-16(36-10(2)42)23(49)19(45)12(4-38)57-32)18(44)28(27(53)31(54)55)61-35-30(26(52)22(48)15(7-41)60-35)63-33-17(37-11(3)43)24(50)20(46)13(5-39)58-33/h9,12-35,38-41,44-55H,4-8H2,1-3H3,(H,36,42)(H,37,43)/t9?,12?,13?,14?,15?,16?,17?,18-,19-,20-,21-,22-,23?,24?,25?,26?,27?,28?,29?,30?,32+,33+,34+,35-/m1/s1. The summed E-state index contributed by atoms with van der Waals surface area (Å²) in [6, 6.07) is -3.16. The molecule has 4 rings (SSSR count). The molecule has 4 heterocycles. The van der Waals surface area contributed by atoms with Gasteiger partial charge in [-0.25, -0.2) is 0 Å². The second kappa shape index (κ2) is 23.6. The summed E-state index contributed by atoms with van der Waals surface area (Å²) in [6.45, 7) is -0.943. The summed E-state index contributed by atoms with van der Waals surface area (Å²) in [7, 11) is 0. The first-order valence-corrected chi connectivity index (χ1v) is 20.0. The van der Waals surface area contributed by atoms with Gasteiger partial charge in [0.15, 0.2) is 31.5 Å². The molecule has 28 heteroatoms. The van der Waals surface area contributed by atoms with Crippen molar-refractivity contribution in [2.24, 2.45) is 5.92 Å². The molecule has 63 heavy (non-hydrogen) atoms. The number of rotatable bonds is 19. The summed E-state index contributed by atoms with van der Waals surface area (Å²) in [5, 5.41) is 173. The Kier molecular flexibility index (Phi) is 20.1. The van der Waals surface area contributed by atoms with Gasteiger partial charge in [0.1, 0.15) is 110 Å². The van der Waals surface area contributed by atoms with Gasteiger partial charge in [-0.2, -0.15) is 0 Å². The van der Waals surface area contributed by atoms with Gasteiger partial charge in [0.05, 0.1) is 39.1 Å². The fourth-order valence-electron chi connectivity index (χ4n) is 7.49. The second-order valence-electron chi connectivity index (χ2n) is 15.8. The molecule has 24 atom stereocenters. The number of amides is 2. The highest BCUT2D eigenvalue weighted by molar-refractivity contribution is 5.73. The van der Waals surface area contributed by atoms with E-state index in [9.17, 15) is 91.3 Å². The van der Waals surface area contributed by atoms with Crippen LogP contribution in [0.5, 0.6) is 0 Å². The van der Waals surface area contributed by atoms with Crippen LogP contribution in [0.2, 0.25) is 0 Å². The third-order valence-electron chi connectivity index (χ3n) is 11.1. The van der Waals surface area contributed by atoms with Crippen LogP contribution in [0.15, 0.2) is 0 Å². The Morgan fingerprint density at radius 3 is 1.24 bits per heavy atom. The molecule has 0 bridgehead atoms. The van der Waals surface area contributed by atoms with Crippen molar-refractivity contribution in [3.05, 3.63) is 0 Å². The second-order valence-corrected chi connectivity index (χ2v) is 15.8. The summed E-state index contributed by atoms with van der Waals surface area (Å²) in [5.41, 5.74) is 0. The van der Waals surface area contributed by atoms with Gasteiger partial charge >= 0.3 is 0 Å². The van der Waals surface area contributed by atoms with Gasteiger partial charge in [0.2, 0.25) is 11.8 Å². The molecule has 4 saturated heterocycles.